The van der Waals surface area contributed by atoms with Gasteiger partial charge in [0.15, 0.2) is 0 Å². The third kappa shape index (κ3) is 0.816. The predicted molar refractivity (Wildman–Crippen MR) is 48.4 cm³/mol. The molecule has 0 spiro atoms. The summed E-state index contributed by atoms with van der Waals surface area (Å²) >= 11 is 0. The van der Waals surface area contributed by atoms with Crippen LogP contribution in [-0.4, -0.2) is 0 Å². The lowest BCUT2D eigenvalue weighted by Gasteiger charge is -2.63. The minimum absolute atomic E-state index is 0.650. The van der Waals surface area contributed by atoms with Crippen LogP contribution in [0.15, 0.2) is 0 Å². The molecule has 3 aliphatic rings. The molecule has 3 unspecified atom stereocenters. The van der Waals surface area contributed by atoms with Gasteiger partial charge in [0.25, 0.3) is 0 Å². The lowest BCUT2D eigenvalue weighted by atomic mass is 9.42. The molecule has 0 aromatic heterocycles. The van der Waals surface area contributed by atoms with Gasteiger partial charge in [-0.1, -0.05) is 27.7 Å². The van der Waals surface area contributed by atoms with E-state index in [0.29, 0.717) is 5.41 Å². The molecule has 0 heterocycles. The Kier molecular flexibility index (Phi) is 1.28. The Morgan fingerprint density at radius 3 is 2.09 bits per heavy atom. The highest BCUT2D eigenvalue weighted by molar-refractivity contribution is 5.06. The number of hydrogen-bond acceptors (Lipinski definition) is 0. The predicted octanol–water partition coefficient (Wildman–Crippen LogP) is 3.47. The van der Waals surface area contributed by atoms with Crippen LogP contribution in [0.2, 0.25) is 0 Å². The average Bonchev–Trinajstić information content (AvgIpc) is 1.93. The monoisotopic (exact) mass is 152 g/mol. The molecule has 64 valence electrons. The van der Waals surface area contributed by atoms with Crippen LogP contribution in [0.1, 0.15) is 47.0 Å². The Morgan fingerprint density at radius 1 is 1.09 bits per heavy atom. The Hall–Kier alpha value is 0. The van der Waals surface area contributed by atoms with Crippen molar-refractivity contribution in [3.8, 4) is 0 Å². The second-order valence-corrected chi connectivity index (χ2v) is 5.74. The maximum Gasteiger partial charge on any atom is -0.0294 e. The molecule has 3 rings (SSSR count). The molecule has 0 amide bonds. The number of hydrogen-bond donors (Lipinski definition) is 0. The lowest BCUT2D eigenvalue weighted by molar-refractivity contribution is -0.139. The maximum absolute atomic E-state index is 2.48. The van der Waals surface area contributed by atoms with Gasteiger partial charge < -0.3 is 0 Å². The molecule has 3 fully saturated rings. The summed E-state index contributed by atoms with van der Waals surface area (Å²) in [5.41, 5.74) is 1.39. The molecule has 0 N–H and O–H groups in total. The molecular formula is C11H20. The summed E-state index contributed by atoms with van der Waals surface area (Å²) in [6.45, 7) is 9.83. The Bertz CT molecular complexity index is 176. The first-order chi connectivity index (χ1) is 4.96. The van der Waals surface area contributed by atoms with E-state index in [1.165, 1.54) is 19.3 Å². The van der Waals surface area contributed by atoms with E-state index >= 15 is 0 Å². The van der Waals surface area contributed by atoms with Crippen molar-refractivity contribution < 1.29 is 0 Å². The lowest BCUT2D eigenvalue weighted by Crippen LogP contribution is -2.55. The summed E-state index contributed by atoms with van der Waals surface area (Å²) in [5.74, 6) is 2.02. The molecule has 3 atom stereocenters. The molecule has 3 saturated carbocycles. The fourth-order valence-corrected chi connectivity index (χ4v) is 3.27. The Morgan fingerprint density at radius 2 is 1.73 bits per heavy atom. The van der Waals surface area contributed by atoms with Crippen molar-refractivity contribution >= 4 is 0 Å². The molecule has 0 nitrogen and oxygen atoms in total. The number of rotatable bonds is 0. The highest BCUT2D eigenvalue weighted by Gasteiger charge is 2.56. The van der Waals surface area contributed by atoms with Crippen LogP contribution in [0.5, 0.6) is 0 Å². The van der Waals surface area contributed by atoms with Gasteiger partial charge in [-0.3, -0.25) is 0 Å². The fourth-order valence-electron chi connectivity index (χ4n) is 3.27. The molecule has 2 bridgehead atoms. The summed E-state index contributed by atoms with van der Waals surface area (Å²) in [4.78, 5) is 0. The van der Waals surface area contributed by atoms with Crippen molar-refractivity contribution in [3.05, 3.63) is 0 Å². The topological polar surface area (TPSA) is 0 Å². The molecule has 3 aliphatic carbocycles. The van der Waals surface area contributed by atoms with Gasteiger partial charge in [0.1, 0.15) is 0 Å². The first kappa shape index (κ1) is 7.64. The molecule has 11 heavy (non-hydrogen) atoms. The van der Waals surface area contributed by atoms with Crippen LogP contribution in [0, 0.1) is 22.7 Å². The van der Waals surface area contributed by atoms with E-state index in [0.717, 1.165) is 17.3 Å². The Labute approximate surface area is 70.4 Å². The summed E-state index contributed by atoms with van der Waals surface area (Å²) < 4.78 is 0. The van der Waals surface area contributed by atoms with Gasteiger partial charge >= 0.3 is 0 Å². The zero-order valence-electron chi connectivity index (χ0n) is 8.28. The molecule has 0 saturated heterocycles. The van der Waals surface area contributed by atoms with Crippen LogP contribution in [0.25, 0.3) is 0 Å². The molecule has 0 aliphatic heterocycles. The van der Waals surface area contributed by atoms with Gasteiger partial charge in [0.2, 0.25) is 0 Å². The van der Waals surface area contributed by atoms with E-state index in [1.54, 1.807) is 0 Å². The summed E-state index contributed by atoms with van der Waals surface area (Å²) in [6.07, 6.45) is 4.43. The van der Waals surface area contributed by atoms with Crippen LogP contribution in [0.3, 0.4) is 0 Å². The first-order valence-electron chi connectivity index (χ1n) is 4.96. The van der Waals surface area contributed by atoms with Crippen LogP contribution in [0.4, 0.5) is 0 Å². The zero-order valence-corrected chi connectivity index (χ0v) is 8.28. The average molecular weight is 152 g/mol. The molecule has 0 aromatic carbocycles. The van der Waals surface area contributed by atoms with E-state index in [4.69, 9.17) is 0 Å². The van der Waals surface area contributed by atoms with Crippen molar-refractivity contribution in [2.24, 2.45) is 22.7 Å². The largest absolute Gasteiger partial charge is 0.0617 e. The maximum atomic E-state index is 2.48. The second kappa shape index (κ2) is 1.84. The minimum Gasteiger partial charge on any atom is -0.0617 e. The third-order valence-electron chi connectivity index (χ3n) is 4.73. The third-order valence-corrected chi connectivity index (χ3v) is 4.73. The van der Waals surface area contributed by atoms with E-state index in [1.807, 2.05) is 0 Å². The van der Waals surface area contributed by atoms with Crippen LogP contribution >= 0.6 is 0 Å². The quantitative estimate of drug-likeness (QED) is 0.498. The SMILES string of the molecule is CC1C2CC1(C)CCC2(C)C. The first-order valence-corrected chi connectivity index (χ1v) is 4.96. The molecule has 0 heteroatoms. The normalized spacial score (nSPS) is 53.5. The van der Waals surface area contributed by atoms with Crippen LogP contribution < -0.4 is 0 Å². The van der Waals surface area contributed by atoms with E-state index in [-0.39, 0.29) is 0 Å². The fraction of sp³-hybridized carbons (Fsp3) is 1.00. The molecule has 0 aromatic rings. The minimum atomic E-state index is 0.650. The van der Waals surface area contributed by atoms with Gasteiger partial charge in [-0.25, -0.2) is 0 Å². The van der Waals surface area contributed by atoms with Crippen LogP contribution in [-0.2, 0) is 0 Å². The van der Waals surface area contributed by atoms with E-state index < -0.39 is 0 Å². The second-order valence-electron chi connectivity index (χ2n) is 5.74. The van der Waals surface area contributed by atoms with Crippen molar-refractivity contribution in [2.45, 2.75) is 47.0 Å². The standard InChI is InChI=1S/C11H20/c1-8-9-7-11(8,4)6-5-10(9,2)3/h8-9H,5-7H2,1-4H3. The summed E-state index contributed by atoms with van der Waals surface area (Å²) in [6, 6.07) is 0. The van der Waals surface area contributed by atoms with Crippen molar-refractivity contribution in [3.63, 3.8) is 0 Å². The van der Waals surface area contributed by atoms with Crippen molar-refractivity contribution in [1.82, 2.24) is 0 Å². The smallest absolute Gasteiger partial charge is 0.0294 e. The van der Waals surface area contributed by atoms with Gasteiger partial charge in [-0.2, -0.15) is 0 Å². The van der Waals surface area contributed by atoms with Gasteiger partial charge in [-0.15, -0.1) is 0 Å². The number of fused-ring (bicyclic) bond motifs is 2. The molecule has 0 radical (unpaired) electrons. The Balaban J connectivity index is 2.20. The zero-order chi connectivity index (χ0) is 8.28. The van der Waals surface area contributed by atoms with E-state index in [9.17, 15) is 0 Å². The van der Waals surface area contributed by atoms with E-state index in [2.05, 4.69) is 27.7 Å². The van der Waals surface area contributed by atoms with Gasteiger partial charge in [0.05, 0.1) is 0 Å². The van der Waals surface area contributed by atoms with Crippen molar-refractivity contribution in [1.29, 1.82) is 0 Å². The van der Waals surface area contributed by atoms with Gasteiger partial charge in [-0.05, 0) is 41.9 Å². The van der Waals surface area contributed by atoms with Crippen molar-refractivity contribution in [2.75, 3.05) is 0 Å². The van der Waals surface area contributed by atoms with Gasteiger partial charge in [0, 0.05) is 0 Å². The highest BCUT2D eigenvalue weighted by Crippen LogP contribution is 2.65. The molecular weight excluding hydrogens is 132 g/mol. The summed E-state index contributed by atoms with van der Waals surface area (Å²) in [5, 5.41) is 0. The highest BCUT2D eigenvalue weighted by atomic mass is 14.6. The summed E-state index contributed by atoms with van der Waals surface area (Å²) in [7, 11) is 0.